The predicted molar refractivity (Wildman–Crippen MR) is 68.8 cm³/mol. The van der Waals surface area contributed by atoms with Gasteiger partial charge in [-0.05, 0) is 40.1 Å². The molecule has 0 aliphatic rings. The van der Waals surface area contributed by atoms with E-state index >= 15 is 0 Å². The molecular weight excluding hydrogens is 214 g/mol. The molecule has 0 aliphatic heterocycles. The Bertz CT molecular complexity index is 433. The predicted octanol–water partition coefficient (Wildman–Crippen LogP) is 1.86. The monoisotopic (exact) mass is 233 g/mol. The van der Waals surface area contributed by atoms with Crippen LogP contribution < -0.4 is 10.5 Å². The molecule has 2 N–H and O–H groups in total. The summed E-state index contributed by atoms with van der Waals surface area (Å²) in [6.45, 7) is 4.67. The second kappa shape index (κ2) is 5.07. The summed E-state index contributed by atoms with van der Waals surface area (Å²) in [4.78, 5) is 2.08. The maximum Gasteiger partial charge on any atom is 0.143 e. The highest BCUT2D eigenvalue weighted by Gasteiger charge is 2.21. The first-order valence-corrected chi connectivity index (χ1v) is 5.46. The van der Waals surface area contributed by atoms with Crippen molar-refractivity contribution in [1.82, 2.24) is 4.90 Å². The zero-order chi connectivity index (χ0) is 13.1. The van der Waals surface area contributed by atoms with Crippen molar-refractivity contribution in [3.8, 4) is 11.8 Å². The zero-order valence-electron chi connectivity index (χ0n) is 10.8. The van der Waals surface area contributed by atoms with Gasteiger partial charge in [-0.25, -0.2) is 0 Å². The van der Waals surface area contributed by atoms with Crippen molar-refractivity contribution in [2.75, 3.05) is 26.4 Å². The normalized spacial score (nSPS) is 11.3. The Morgan fingerprint density at radius 3 is 2.59 bits per heavy atom. The maximum absolute atomic E-state index is 8.81. The summed E-state index contributed by atoms with van der Waals surface area (Å²) in [5, 5.41) is 8.81. The standard InChI is InChI=1S/C13H19N3O/c1-13(2,16(3)4)9-17-12-7-10(8-14)5-6-11(12)15/h5-7H,9,15H2,1-4H3. The number of likely N-dealkylation sites (N-methyl/N-ethyl adjacent to an activating group) is 1. The highest BCUT2D eigenvalue weighted by Crippen LogP contribution is 2.24. The molecule has 1 rings (SSSR count). The fraction of sp³-hybridized carbons (Fsp3) is 0.462. The van der Waals surface area contributed by atoms with Gasteiger partial charge in [0.05, 0.1) is 17.3 Å². The minimum absolute atomic E-state index is 0.0882. The lowest BCUT2D eigenvalue weighted by Gasteiger charge is -2.32. The topological polar surface area (TPSA) is 62.3 Å². The summed E-state index contributed by atoms with van der Waals surface area (Å²) in [5.74, 6) is 0.568. The fourth-order valence-electron chi connectivity index (χ4n) is 1.11. The van der Waals surface area contributed by atoms with Crippen LogP contribution in [0.4, 0.5) is 5.69 Å². The number of anilines is 1. The Morgan fingerprint density at radius 2 is 2.06 bits per heavy atom. The lowest BCUT2D eigenvalue weighted by Crippen LogP contribution is -2.43. The number of benzene rings is 1. The number of nitriles is 1. The number of ether oxygens (including phenoxy) is 1. The van der Waals surface area contributed by atoms with Crippen LogP contribution >= 0.6 is 0 Å². The van der Waals surface area contributed by atoms with Gasteiger partial charge in [0, 0.05) is 11.6 Å². The molecular formula is C13H19N3O. The summed E-state index contributed by atoms with van der Waals surface area (Å²) in [6.07, 6.45) is 0. The smallest absolute Gasteiger partial charge is 0.143 e. The van der Waals surface area contributed by atoms with Gasteiger partial charge < -0.3 is 15.4 Å². The van der Waals surface area contributed by atoms with Crippen molar-refractivity contribution in [1.29, 1.82) is 5.26 Å². The van der Waals surface area contributed by atoms with Gasteiger partial charge in [-0.3, -0.25) is 0 Å². The summed E-state index contributed by atoms with van der Waals surface area (Å²) in [6, 6.07) is 7.11. The molecule has 0 saturated heterocycles. The minimum atomic E-state index is -0.0882. The average molecular weight is 233 g/mol. The van der Waals surface area contributed by atoms with Crippen molar-refractivity contribution in [2.45, 2.75) is 19.4 Å². The highest BCUT2D eigenvalue weighted by molar-refractivity contribution is 5.56. The van der Waals surface area contributed by atoms with Gasteiger partial charge in [0.15, 0.2) is 0 Å². The first-order valence-electron chi connectivity index (χ1n) is 5.46. The molecule has 4 heteroatoms. The van der Waals surface area contributed by atoms with E-state index in [0.717, 1.165) is 0 Å². The molecule has 0 radical (unpaired) electrons. The molecule has 1 aromatic carbocycles. The summed E-state index contributed by atoms with van der Waals surface area (Å²) >= 11 is 0. The van der Waals surface area contributed by atoms with Gasteiger partial charge >= 0.3 is 0 Å². The van der Waals surface area contributed by atoms with Crippen LogP contribution in [0.1, 0.15) is 19.4 Å². The third-order valence-corrected chi connectivity index (χ3v) is 2.93. The molecule has 0 aliphatic carbocycles. The van der Waals surface area contributed by atoms with Gasteiger partial charge in [-0.1, -0.05) is 0 Å². The number of nitrogen functional groups attached to an aromatic ring is 1. The maximum atomic E-state index is 8.81. The van der Waals surface area contributed by atoms with Crippen molar-refractivity contribution in [3.63, 3.8) is 0 Å². The lowest BCUT2D eigenvalue weighted by molar-refractivity contribution is 0.114. The number of nitrogens with zero attached hydrogens (tertiary/aromatic N) is 2. The van der Waals surface area contributed by atoms with E-state index in [-0.39, 0.29) is 5.54 Å². The van der Waals surface area contributed by atoms with Crippen LogP contribution in [0.5, 0.6) is 5.75 Å². The van der Waals surface area contributed by atoms with E-state index in [9.17, 15) is 0 Å². The molecule has 0 fully saturated rings. The summed E-state index contributed by atoms with van der Waals surface area (Å²) in [5.41, 5.74) is 6.82. The third kappa shape index (κ3) is 3.36. The van der Waals surface area contributed by atoms with E-state index in [1.54, 1.807) is 18.2 Å². The molecule has 0 aromatic heterocycles. The molecule has 0 spiro atoms. The second-order valence-corrected chi connectivity index (χ2v) is 4.86. The van der Waals surface area contributed by atoms with Crippen LogP contribution in [0.3, 0.4) is 0 Å². The number of nitrogens with two attached hydrogens (primary N) is 1. The van der Waals surface area contributed by atoms with E-state index in [0.29, 0.717) is 23.6 Å². The largest absolute Gasteiger partial charge is 0.489 e. The number of rotatable bonds is 4. The summed E-state index contributed by atoms with van der Waals surface area (Å²) in [7, 11) is 4.00. The van der Waals surface area contributed by atoms with Crippen molar-refractivity contribution in [3.05, 3.63) is 23.8 Å². The Balaban J connectivity index is 2.79. The molecule has 0 atom stereocenters. The van der Waals surface area contributed by atoms with Gasteiger partial charge in [-0.15, -0.1) is 0 Å². The molecule has 0 unspecified atom stereocenters. The summed E-state index contributed by atoms with van der Waals surface area (Å²) < 4.78 is 5.69. The molecule has 0 bridgehead atoms. The molecule has 17 heavy (non-hydrogen) atoms. The van der Waals surface area contributed by atoms with Crippen molar-refractivity contribution < 1.29 is 4.74 Å². The van der Waals surface area contributed by atoms with Crippen molar-refractivity contribution >= 4 is 5.69 Å². The minimum Gasteiger partial charge on any atom is -0.489 e. The van der Waals surface area contributed by atoms with E-state index in [4.69, 9.17) is 15.7 Å². The Labute approximate surface area is 103 Å². The number of hydrogen-bond acceptors (Lipinski definition) is 4. The lowest BCUT2D eigenvalue weighted by atomic mass is 10.1. The van der Waals surface area contributed by atoms with Gasteiger partial charge in [-0.2, -0.15) is 5.26 Å². The van der Waals surface area contributed by atoms with Gasteiger partial charge in [0.2, 0.25) is 0 Å². The van der Waals surface area contributed by atoms with Crippen LogP contribution in [0, 0.1) is 11.3 Å². The zero-order valence-corrected chi connectivity index (χ0v) is 10.8. The molecule has 0 amide bonds. The van der Waals surface area contributed by atoms with Crippen molar-refractivity contribution in [2.24, 2.45) is 0 Å². The average Bonchev–Trinajstić information content (AvgIpc) is 2.28. The van der Waals surface area contributed by atoms with Crippen LogP contribution in [0.25, 0.3) is 0 Å². The molecule has 0 saturated carbocycles. The van der Waals surface area contributed by atoms with E-state index < -0.39 is 0 Å². The second-order valence-electron chi connectivity index (χ2n) is 4.86. The Kier molecular flexibility index (Phi) is 3.97. The molecule has 4 nitrogen and oxygen atoms in total. The van der Waals surface area contributed by atoms with Gasteiger partial charge in [0.1, 0.15) is 12.4 Å². The first-order chi connectivity index (χ1) is 7.86. The van der Waals surface area contributed by atoms with E-state index in [2.05, 4.69) is 24.8 Å². The quantitative estimate of drug-likeness (QED) is 0.806. The van der Waals surface area contributed by atoms with Gasteiger partial charge in [0.25, 0.3) is 0 Å². The highest BCUT2D eigenvalue weighted by atomic mass is 16.5. The third-order valence-electron chi connectivity index (χ3n) is 2.93. The first kappa shape index (κ1) is 13.3. The van der Waals surface area contributed by atoms with Crippen LogP contribution in [-0.2, 0) is 0 Å². The molecule has 1 aromatic rings. The molecule has 92 valence electrons. The molecule has 0 heterocycles. The fourth-order valence-corrected chi connectivity index (χ4v) is 1.11. The number of hydrogen-bond donors (Lipinski definition) is 1. The Hall–Kier alpha value is -1.73. The van der Waals surface area contributed by atoms with E-state index in [1.807, 2.05) is 14.1 Å². The van der Waals surface area contributed by atoms with E-state index in [1.165, 1.54) is 0 Å². The SMILES string of the molecule is CN(C)C(C)(C)COc1cc(C#N)ccc1N. The van der Waals surface area contributed by atoms with Crippen LogP contribution in [0.2, 0.25) is 0 Å². The van der Waals surface area contributed by atoms with Crippen LogP contribution in [-0.4, -0.2) is 31.1 Å². The van der Waals surface area contributed by atoms with Crippen LogP contribution in [0.15, 0.2) is 18.2 Å². The Morgan fingerprint density at radius 1 is 1.41 bits per heavy atom.